The van der Waals surface area contributed by atoms with Crippen molar-refractivity contribution in [1.82, 2.24) is 4.31 Å². The molecule has 2 rings (SSSR count). The summed E-state index contributed by atoms with van der Waals surface area (Å²) in [6.07, 6.45) is 4.79. The van der Waals surface area contributed by atoms with Gasteiger partial charge in [-0.2, -0.15) is 0 Å². The molecule has 6 heteroatoms. The molecule has 0 bridgehead atoms. The Balaban J connectivity index is 2.17. The van der Waals surface area contributed by atoms with E-state index in [-0.39, 0.29) is 0 Å². The highest BCUT2D eigenvalue weighted by Gasteiger charge is 2.27. The lowest BCUT2D eigenvalue weighted by atomic mass is 10.1. The van der Waals surface area contributed by atoms with Gasteiger partial charge in [0, 0.05) is 18.5 Å². The van der Waals surface area contributed by atoms with Gasteiger partial charge in [0.2, 0.25) is 10.0 Å². The molecule has 0 aliphatic heterocycles. The maximum atomic E-state index is 12.5. The Morgan fingerprint density at radius 3 is 2.56 bits per heavy atom. The van der Waals surface area contributed by atoms with Gasteiger partial charge in [-0.3, -0.25) is 0 Å². The molecular formula is C12H18BrNO2S2. The van der Waals surface area contributed by atoms with Crippen molar-refractivity contribution in [3.05, 3.63) is 14.7 Å². The van der Waals surface area contributed by atoms with Crippen LogP contribution >= 0.6 is 27.3 Å². The van der Waals surface area contributed by atoms with Gasteiger partial charge in [-0.25, -0.2) is 12.7 Å². The van der Waals surface area contributed by atoms with Crippen molar-refractivity contribution < 1.29 is 8.42 Å². The van der Waals surface area contributed by atoms with E-state index in [1.54, 1.807) is 13.1 Å². The SMILES string of the molecule is Cc1sc(Br)cc1S(=O)(=O)N(C)CC1CCCC1. The Labute approximate surface area is 121 Å². The van der Waals surface area contributed by atoms with Crippen molar-refractivity contribution in [3.63, 3.8) is 0 Å². The summed E-state index contributed by atoms with van der Waals surface area (Å²) in [5.74, 6) is 0.534. The third kappa shape index (κ3) is 2.98. The smallest absolute Gasteiger partial charge is 0.207 e. The summed E-state index contributed by atoms with van der Waals surface area (Å²) in [5, 5.41) is 0. The van der Waals surface area contributed by atoms with Gasteiger partial charge in [0.05, 0.1) is 8.68 Å². The standard InChI is InChI=1S/C12H18BrNO2S2/c1-9-11(7-12(13)17-9)18(15,16)14(2)8-10-5-3-4-6-10/h7,10H,3-6,8H2,1-2H3. The zero-order valence-corrected chi connectivity index (χ0v) is 13.9. The second-order valence-corrected chi connectivity index (χ2v) is 9.56. The fraction of sp³-hybridized carbons (Fsp3) is 0.667. The molecule has 102 valence electrons. The first kappa shape index (κ1) is 14.5. The van der Waals surface area contributed by atoms with E-state index in [1.165, 1.54) is 28.5 Å². The zero-order chi connectivity index (χ0) is 13.3. The van der Waals surface area contributed by atoms with Crippen molar-refractivity contribution in [2.24, 2.45) is 5.92 Å². The van der Waals surface area contributed by atoms with Gasteiger partial charge in [0.25, 0.3) is 0 Å². The normalized spacial score (nSPS) is 17.8. The van der Waals surface area contributed by atoms with E-state index in [1.807, 2.05) is 6.92 Å². The highest BCUT2D eigenvalue weighted by atomic mass is 79.9. The molecule has 1 aromatic heterocycles. The van der Waals surface area contributed by atoms with Crippen LogP contribution in [0.3, 0.4) is 0 Å². The summed E-state index contributed by atoms with van der Waals surface area (Å²) < 4.78 is 27.3. The average molecular weight is 352 g/mol. The predicted molar refractivity (Wildman–Crippen MR) is 78.5 cm³/mol. The van der Waals surface area contributed by atoms with Crippen LogP contribution in [0.15, 0.2) is 14.7 Å². The van der Waals surface area contributed by atoms with Crippen LogP contribution in [0.2, 0.25) is 0 Å². The van der Waals surface area contributed by atoms with Crippen molar-refractivity contribution >= 4 is 37.3 Å². The third-order valence-corrected chi connectivity index (χ3v) is 7.15. The molecule has 0 radical (unpaired) electrons. The van der Waals surface area contributed by atoms with Gasteiger partial charge < -0.3 is 0 Å². The molecule has 0 saturated heterocycles. The number of aryl methyl sites for hydroxylation is 1. The summed E-state index contributed by atoms with van der Waals surface area (Å²) in [4.78, 5) is 1.29. The van der Waals surface area contributed by atoms with Crippen molar-refractivity contribution in [2.75, 3.05) is 13.6 Å². The number of hydrogen-bond acceptors (Lipinski definition) is 3. The molecule has 0 N–H and O–H groups in total. The molecule has 0 amide bonds. The van der Waals surface area contributed by atoms with Crippen LogP contribution in [0, 0.1) is 12.8 Å². The summed E-state index contributed by atoms with van der Waals surface area (Å²) in [5.41, 5.74) is 0. The van der Waals surface area contributed by atoms with Crippen molar-refractivity contribution in [3.8, 4) is 0 Å². The summed E-state index contributed by atoms with van der Waals surface area (Å²) in [6, 6.07) is 1.71. The quantitative estimate of drug-likeness (QED) is 0.830. The first-order chi connectivity index (χ1) is 8.41. The van der Waals surface area contributed by atoms with Crippen molar-refractivity contribution in [2.45, 2.75) is 37.5 Å². The number of thiophene rings is 1. The first-order valence-electron chi connectivity index (χ1n) is 6.13. The van der Waals surface area contributed by atoms with Crippen LogP contribution < -0.4 is 0 Å². The summed E-state index contributed by atoms with van der Waals surface area (Å²) >= 11 is 4.82. The molecule has 18 heavy (non-hydrogen) atoms. The molecule has 1 heterocycles. The maximum Gasteiger partial charge on any atom is 0.243 e. The zero-order valence-electron chi connectivity index (χ0n) is 10.6. The summed E-state index contributed by atoms with van der Waals surface area (Å²) in [7, 11) is -1.63. The van der Waals surface area contributed by atoms with Crippen LogP contribution in [0.4, 0.5) is 0 Å². The second-order valence-electron chi connectivity index (χ2n) is 4.91. The fourth-order valence-electron chi connectivity index (χ4n) is 2.51. The minimum atomic E-state index is -3.32. The predicted octanol–water partition coefficient (Wildman–Crippen LogP) is 3.63. The Morgan fingerprint density at radius 1 is 1.44 bits per heavy atom. The molecule has 0 unspecified atom stereocenters. The van der Waals surface area contributed by atoms with Gasteiger partial charge in [-0.1, -0.05) is 12.8 Å². The van der Waals surface area contributed by atoms with Gasteiger partial charge in [-0.15, -0.1) is 11.3 Å². The van der Waals surface area contributed by atoms with Crippen LogP contribution in [0.1, 0.15) is 30.6 Å². The molecule has 3 nitrogen and oxygen atoms in total. The highest BCUT2D eigenvalue weighted by Crippen LogP contribution is 2.32. The lowest BCUT2D eigenvalue weighted by Crippen LogP contribution is -2.31. The van der Waals surface area contributed by atoms with Crippen LogP contribution in [0.25, 0.3) is 0 Å². The van der Waals surface area contributed by atoms with Crippen molar-refractivity contribution in [1.29, 1.82) is 0 Å². The maximum absolute atomic E-state index is 12.5. The molecule has 1 aromatic rings. The molecule has 1 aliphatic carbocycles. The Morgan fingerprint density at radius 2 is 2.06 bits per heavy atom. The van der Waals surface area contributed by atoms with Gasteiger partial charge in [0.1, 0.15) is 0 Å². The van der Waals surface area contributed by atoms with Gasteiger partial charge in [0.15, 0.2) is 0 Å². The van der Waals surface area contributed by atoms with Crippen LogP contribution in [0.5, 0.6) is 0 Å². The Bertz CT molecular complexity index is 518. The lowest BCUT2D eigenvalue weighted by molar-refractivity contribution is 0.387. The van der Waals surface area contributed by atoms with Gasteiger partial charge in [-0.05, 0) is 47.7 Å². The molecule has 1 aliphatic rings. The van der Waals surface area contributed by atoms with E-state index in [2.05, 4.69) is 15.9 Å². The highest BCUT2D eigenvalue weighted by molar-refractivity contribution is 9.11. The number of sulfonamides is 1. The molecule has 1 fully saturated rings. The molecule has 1 saturated carbocycles. The van der Waals surface area contributed by atoms with E-state index >= 15 is 0 Å². The van der Waals surface area contributed by atoms with E-state index in [9.17, 15) is 8.42 Å². The average Bonchev–Trinajstić information content (AvgIpc) is 2.88. The number of rotatable bonds is 4. The minimum Gasteiger partial charge on any atom is -0.207 e. The van der Waals surface area contributed by atoms with E-state index in [0.717, 1.165) is 21.5 Å². The molecule has 0 aromatic carbocycles. The van der Waals surface area contributed by atoms with E-state index in [0.29, 0.717) is 17.4 Å². The van der Waals surface area contributed by atoms with Gasteiger partial charge >= 0.3 is 0 Å². The third-order valence-electron chi connectivity index (χ3n) is 3.52. The van der Waals surface area contributed by atoms with Crippen LogP contribution in [-0.2, 0) is 10.0 Å². The second kappa shape index (κ2) is 5.61. The van der Waals surface area contributed by atoms with Crippen LogP contribution in [-0.4, -0.2) is 26.3 Å². The number of halogens is 1. The number of hydrogen-bond donors (Lipinski definition) is 0. The molecule has 0 spiro atoms. The Hall–Kier alpha value is 0.0900. The molecule has 0 atom stereocenters. The molecular weight excluding hydrogens is 334 g/mol. The topological polar surface area (TPSA) is 37.4 Å². The first-order valence-corrected chi connectivity index (χ1v) is 9.18. The largest absolute Gasteiger partial charge is 0.243 e. The van der Waals surface area contributed by atoms with E-state index in [4.69, 9.17) is 0 Å². The monoisotopic (exact) mass is 351 g/mol. The fourth-order valence-corrected chi connectivity index (χ4v) is 6.14. The lowest BCUT2D eigenvalue weighted by Gasteiger charge is -2.20. The Kier molecular flexibility index (Phi) is 4.52. The van der Waals surface area contributed by atoms with E-state index < -0.39 is 10.0 Å². The minimum absolute atomic E-state index is 0.444. The summed E-state index contributed by atoms with van der Waals surface area (Å²) in [6.45, 7) is 2.50. The number of nitrogens with zero attached hydrogens (tertiary/aromatic N) is 1.